The molecule has 4 rings (SSSR count). The number of ether oxygens (including phenoxy) is 1. The highest BCUT2D eigenvalue weighted by Crippen LogP contribution is 2.50. The van der Waals surface area contributed by atoms with Gasteiger partial charge in [-0.3, -0.25) is 9.69 Å². The van der Waals surface area contributed by atoms with Gasteiger partial charge in [0.1, 0.15) is 16.3 Å². The van der Waals surface area contributed by atoms with Crippen molar-refractivity contribution in [2.24, 2.45) is 4.99 Å². The average molecular weight is 460 g/mol. The number of hydrogen-bond donors (Lipinski definition) is 0. The lowest BCUT2D eigenvalue weighted by atomic mass is 10.3. The summed E-state index contributed by atoms with van der Waals surface area (Å²) in [7, 11) is 3.60. The fourth-order valence-corrected chi connectivity index (χ4v) is 5.81. The van der Waals surface area contributed by atoms with Crippen LogP contribution in [-0.4, -0.2) is 36.7 Å². The lowest BCUT2D eigenvalue weighted by Crippen LogP contribution is -2.30. The summed E-state index contributed by atoms with van der Waals surface area (Å²) >= 11 is 9.22. The number of halogens is 1. The van der Waals surface area contributed by atoms with Crippen LogP contribution in [0.5, 0.6) is 5.75 Å². The molecule has 2 aromatic rings. The van der Waals surface area contributed by atoms with Gasteiger partial charge in [-0.1, -0.05) is 48.8 Å². The number of methoxy groups -OCH3 is 1. The van der Waals surface area contributed by atoms with Crippen molar-refractivity contribution in [3.63, 3.8) is 0 Å². The molecule has 156 valence electrons. The summed E-state index contributed by atoms with van der Waals surface area (Å²) in [6.07, 6.45) is 1.90. The fraction of sp³-hybridized carbons (Fsp3) is 0.273. The minimum Gasteiger partial charge on any atom is -0.494 e. The van der Waals surface area contributed by atoms with E-state index in [2.05, 4.69) is 24.0 Å². The molecule has 2 aromatic carbocycles. The molecule has 8 heteroatoms. The van der Waals surface area contributed by atoms with Crippen molar-refractivity contribution in [2.45, 2.75) is 24.7 Å². The number of rotatable bonds is 5. The highest BCUT2D eigenvalue weighted by Gasteiger charge is 2.38. The molecule has 0 radical (unpaired) electrons. The number of amidine groups is 1. The Labute approximate surface area is 190 Å². The van der Waals surface area contributed by atoms with E-state index in [0.29, 0.717) is 33.1 Å². The van der Waals surface area contributed by atoms with Gasteiger partial charge in [-0.25, -0.2) is 4.99 Å². The molecule has 0 aliphatic carbocycles. The van der Waals surface area contributed by atoms with Gasteiger partial charge in [-0.15, -0.1) is 0 Å². The minimum absolute atomic E-state index is 0.00430. The highest BCUT2D eigenvalue weighted by molar-refractivity contribution is 8.19. The molecule has 0 unspecified atom stereocenters. The SMILES string of the molecule is CCCCN1C(=O)/C(=C2/Sc3ccccc3N2C)SC1=Nc1cc(Cl)ccc1OC. The lowest BCUT2D eigenvalue weighted by molar-refractivity contribution is -0.122. The van der Waals surface area contributed by atoms with E-state index in [1.165, 1.54) is 11.8 Å². The monoisotopic (exact) mass is 459 g/mol. The molecule has 1 amide bonds. The summed E-state index contributed by atoms with van der Waals surface area (Å²) in [6.45, 7) is 2.74. The maximum atomic E-state index is 13.4. The fourth-order valence-electron chi connectivity index (χ4n) is 3.29. The van der Waals surface area contributed by atoms with Crippen LogP contribution >= 0.6 is 35.1 Å². The van der Waals surface area contributed by atoms with E-state index in [0.717, 1.165) is 28.5 Å². The number of anilines is 1. The van der Waals surface area contributed by atoms with Crippen LogP contribution in [0.3, 0.4) is 0 Å². The second-order valence-corrected chi connectivity index (χ2v) is 9.33. The van der Waals surface area contributed by atoms with Gasteiger partial charge in [-0.05, 0) is 48.5 Å². The number of thioether (sulfide) groups is 2. The second kappa shape index (κ2) is 8.96. The maximum absolute atomic E-state index is 13.4. The van der Waals surface area contributed by atoms with Gasteiger partial charge >= 0.3 is 0 Å². The zero-order chi connectivity index (χ0) is 21.3. The molecular weight excluding hydrogens is 438 g/mol. The number of carbonyl (C=O) groups excluding carboxylic acids is 1. The quantitative estimate of drug-likeness (QED) is 0.504. The normalized spacial score (nSPS) is 19.7. The Morgan fingerprint density at radius 1 is 1.17 bits per heavy atom. The summed E-state index contributed by atoms with van der Waals surface area (Å²) in [5.74, 6) is 0.617. The van der Waals surface area contributed by atoms with E-state index in [1.54, 1.807) is 42.0 Å². The third-order valence-corrected chi connectivity index (χ3v) is 7.56. The Morgan fingerprint density at radius 2 is 1.97 bits per heavy atom. The van der Waals surface area contributed by atoms with Crippen molar-refractivity contribution in [1.29, 1.82) is 0 Å². The number of aliphatic imine (C=N–C) groups is 1. The first-order valence-electron chi connectivity index (χ1n) is 9.70. The Hall–Kier alpha value is -2.09. The van der Waals surface area contributed by atoms with Gasteiger partial charge in [0.2, 0.25) is 0 Å². The third-order valence-electron chi connectivity index (χ3n) is 4.89. The molecule has 5 nitrogen and oxygen atoms in total. The summed E-state index contributed by atoms with van der Waals surface area (Å²) in [6, 6.07) is 13.5. The van der Waals surface area contributed by atoms with Crippen LogP contribution in [0, 0.1) is 0 Å². The Morgan fingerprint density at radius 3 is 2.70 bits per heavy atom. The summed E-state index contributed by atoms with van der Waals surface area (Å²) < 4.78 is 5.44. The van der Waals surface area contributed by atoms with E-state index in [4.69, 9.17) is 21.3 Å². The molecule has 0 aromatic heterocycles. The molecule has 2 aliphatic heterocycles. The number of nitrogens with zero attached hydrogens (tertiary/aromatic N) is 3. The van der Waals surface area contributed by atoms with Crippen molar-refractivity contribution in [2.75, 3.05) is 25.6 Å². The molecule has 1 saturated heterocycles. The number of benzene rings is 2. The van der Waals surface area contributed by atoms with Gasteiger partial charge in [0, 0.05) is 23.5 Å². The van der Waals surface area contributed by atoms with Gasteiger partial charge in [0.05, 0.1) is 17.8 Å². The van der Waals surface area contributed by atoms with Crippen molar-refractivity contribution in [1.82, 2.24) is 4.90 Å². The van der Waals surface area contributed by atoms with E-state index < -0.39 is 0 Å². The van der Waals surface area contributed by atoms with Crippen LogP contribution in [0.4, 0.5) is 11.4 Å². The van der Waals surface area contributed by atoms with Gasteiger partial charge in [-0.2, -0.15) is 0 Å². The molecule has 2 aliphatic rings. The maximum Gasteiger partial charge on any atom is 0.269 e. The topological polar surface area (TPSA) is 45.1 Å². The lowest BCUT2D eigenvalue weighted by Gasteiger charge is -2.16. The van der Waals surface area contributed by atoms with E-state index in [1.807, 2.05) is 19.2 Å². The standard InChI is InChI=1S/C22H22ClN3O2S2/c1-4-5-12-26-20(27)19(21-25(2)16-8-6-7-9-18(16)29-21)30-22(26)24-15-13-14(23)10-11-17(15)28-3/h6-11,13H,4-5,12H2,1-3H3/b21-19-,24-22?. The van der Waals surface area contributed by atoms with Crippen LogP contribution in [0.2, 0.25) is 5.02 Å². The average Bonchev–Trinajstić information content (AvgIpc) is 3.23. The first-order chi connectivity index (χ1) is 14.5. The number of carbonyl (C=O) groups is 1. The van der Waals surface area contributed by atoms with Crippen molar-refractivity contribution in [3.8, 4) is 5.75 Å². The largest absolute Gasteiger partial charge is 0.494 e. The molecule has 0 saturated carbocycles. The van der Waals surface area contributed by atoms with Crippen molar-refractivity contribution in [3.05, 3.63) is 57.4 Å². The Balaban J connectivity index is 1.75. The molecular formula is C22H22ClN3O2S2. The smallest absolute Gasteiger partial charge is 0.269 e. The summed E-state index contributed by atoms with van der Waals surface area (Å²) in [5, 5.41) is 2.17. The number of hydrogen-bond acceptors (Lipinski definition) is 6. The molecule has 0 N–H and O–H groups in total. The Kier molecular flexibility index (Phi) is 6.32. The molecule has 0 bridgehead atoms. The highest BCUT2D eigenvalue weighted by atomic mass is 35.5. The molecule has 0 spiro atoms. The molecule has 1 fully saturated rings. The van der Waals surface area contributed by atoms with E-state index in [-0.39, 0.29) is 5.91 Å². The van der Waals surface area contributed by atoms with Crippen molar-refractivity contribution >= 4 is 57.6 Å². The number of para-hydroxylation sites is 1. The first kappa shape index (κ1) is 21.2. The minimum atomic E-state index is -0.00430. The predicted molar refractivity (Wildman–Crippen MR) is 127 cm³/mol. The second-order valence-electron chi connectivity index (χ2n) is 6.89. The van der Waals surface area contributed by atoms with Crippen LogP contribution in [0.25, 0.3) is 0 Å². The molecule has 30 heavy (non-hydrogen) atoms. The number of amides is 1. The molecule has 2 heterocycles. The van der Waals surface area contributed by atoms with E-state index >= 15 is 0 Å². The zero-order valence-corrected chi connectivity index (χ0v) is 19.4. The number of fused-ring (bicyclic) bond motifs is 1. The van der Waals surface area contributed by atoms with Crippen LogP contribution in [0.15, 0.2) is 62.3 Å². The van der Waals surface area contributed by atoms with Crippen LogP contribution < -0.4 is 9.64 Å². The summed E-state index contributed by atoms with van der Waals surface area (Å²) in [4.78, 5) is 23.9. The van der Waals surface area contributed by atoms with Crippen LogP contribution in [-0.2, 0) is 4.79 Å². The first-order valence-corrected chi connectivity index (χ1v) is 11.7. The Bertz CT molecular complexity index is 1050. The third kappa shape index (κ3) is 3.94. The predicted octanol–water partition coefficient (Wildman–Crippen LogP) is 6.12. The van der Waals surface area contributed by atoms with E-state index in [9.17, 15) is 4.79 Å². The summed E-state index contributed by atoms with van der Waals surface area (Å²) in [5.41, 5.74) is 1.73. The number of unbranched alkanes of at least 4 members (excludes halogenated alkanes) is 1. The van der Waals surface area contributed by atoms with Gasteiger partial charge < -0.3 is 9.64 Å². The zero-order valence-electron chi connectivity index (χ0n) is 17.0. The van der Waals surface area contributed by atoms with Gasteiger partial charge in [0.15, 0.2) is 5.17 Å². The van der Waals surface area contributed by atoms with Gasteiger partial charge in [0.25, 0.3) is 5.91 Å². The molecule has 0 atom stereocenters. The van der Waals surface area contributed by atoms with Crippen molar-refractivity contribution < 1.29 is 9.53 Å². The van der Waals surface area contributed by atoms with Crippen LogP contribution in [0.1, 0.15) is 19.8 Å².